The van der Waals surface area contributed by atoms with Gasteiger partial charge in [-0.2, -0.15) is 0 Å². The van der Waals surface area contributed by atoms with Gasteiger partial charge in [-0.3, -0.25) is 0 Å². The summed E-state index contributed by atoms with van der Waals surface area (Å²) in [6.45, 7) is 1.51. The Bertz CT molecular complexity index is 497. The van der Waals surface area contributed by atoms with Crippen LogP contribution in [0.1, 0.15) is 24.2 Å². The number of nitrogens with two attached hydrogens (primary N) is 1. The third-order valence-corrected chi connectivity index (χ3v) is 2.92. The van der Waals surface area contributed by atoms with Gasteiger partial charge in [0.1, 0.15) is 0 Å². The molecule has 0 radical (unpaired) electrons. The van der Waals surface area contributed by atoms with Gasteiger partial charge in [0.25, 0.3) is 0 Å². The smallest absolute Gasteiger partial charge is 0.155 e. The number of halogens is 1. The summed E-state index contributed by atoms with van der Waals surface area (Å²) in [5, 5.41) is 12.5. The molecular weight excluding hydrogens is 250 g/mol. The lowest BCUT2D eigenvalue weighted by Gasteiger charge is -2.04. The van der Waals surface area contributed by atoms with Crippen LogP contribution in [0, 0.1) is 0 Å². The summed E-state index contributed by atoms with van der Waals surface area (Å²) in [5.41, 5.74) is 6.58. The van der Waals surface area contributed by atoms with Gasteiger partial charge in [-0.05, 0) is 47.5 Å². The molecule has 1 heterocycles. The molecule has 1 aromatic carbocycles. The molecule has 0 saturated heterocycles. The van der Waals surface area contributed by atoms with Crippen molar-refractivity contribution in [3.8, 4) is 0 Å². The summed E-state index contributed by atoms with van der Waals surface area (Å²) in [5.74, 6) is 0.856. The molecule has 0 aliphatic rings. The molecule has 2 N–H and O–H groups in total. The van der Waals surface area contributed by atoms with Gasteiger partial charge in [-0.1, -0.05) is 23.7 Å². The summed E-state index contributed by atoms with van der Waals surface area (Å²) in [7, 11) is 0. The average molecular weight is 266 g/mol. The molecule has 0 unspecified atom stereocenters. The summed E-state index contributed by atoms with van der Waals surface area (Å²) < 4.78 is 1.83. The molecule has 6 heteroatoms. The fourth-order valence-corrected chi connectivity index (χ4v) is 1.97. The quantitative estimate of drug-likeness (QED) is 0.807. The number of hydrogen-bond donors (Lipinski definition) is 1. The molecular formula is C12H16ClN5. The third kappa shape index (κ3) is 3.51. The van der Waals surface area contributed by atoms with E-state index >= 15 is 0 Å². The zero-order valence-corrected chi connectivity index (χ0v) is 10.8. The largest absolute Gasteiger partial charge is 0.330 e. The lowest BCUT2D eigenvalue weighted by Crippen LogP contribution is -2.08. The van der Waals surface area contributed by atoms with Crippen LogP contribution in [0.3, 0.4) is 0 Å². The van der Waals surface area contributed by atoms with Crippen LogP contribution in [0.2, 0.25) is 5.02 Å². The van der Waals surface area contributed by atoms with Crippen LogP contribution in [0.15, 0.2) is 24.3 Å². The summed E-state index contributed by atoms with van der Waals surface area (Å²) in [4.78, 5) is 0. The molecule has 0 atom stereocenters. The summed E-state index contributed by atoms with van der Waals surface area (Å²) >= 11 is 5.95. The highest BCUT2D eigenvalue weighted by Crippen LogP contribution is 2.13. The number of nitrogens with zero attached hydrogens (tertiary/aromatic N) is 4. The number of tetrazole rings is 1. The van der Waals surface area contributed by atoms with Crippen LogP contribution in [0.5, 0.6) is 0 Å². The first-order valence-corrected chi connectivity index (χ1v) is 6.37. The molecule has 96 valence electrons. The first-order chi connectivity index (χ1) is 8.79. The van der Waals surface area contributed by atoms with Crippen LogP contribution in [0.4, 0.5) is 0 Å². The van der Waals surface area contributed by atoms with E-state index in [0.29, 0.717) is 13.0 Å². The molecule has 1 aromatic heterocycles. The highest BCUT2D eigenvalue weighted by Gasteiger charge is 2.06. The van der Waals surface area contributed by atoms with Crippen LogP contribution in [-0.2, 0) is 13.0 Å². The van der Waals surface area contributed by atoms with E-state index in [1.807, 2.05) is 28.9 Å². The molecule has 5 nitrogen and oxygen atoms in total. The maximum atomic E-state index is 5.95. The van der Waals surface area contributed by atoms with Crippen molar-refractivity contribution in [1.29, 1.82) is 0 Å². The van der Waals surface area contributed by atoms with Crippen molar-refractivity contribution < 1.29 is 0 Å². The van der Waals surface area contributed by atoms with Gasteiger partial charge in [0.15, 0.2) is 5.82 Å². The maximum absolute atomic E-state index is 5.95. The number of benzene rings is 1. The van der Waals surface area contributed by atoms with Gasteiger partial charge in [0.2, 0.25) is 0 Å². The molecule has 0 saturated carbocycles. The van der Waals surface area contributed by atoms with Gasteiger partial charge in [-0.15, -0.1) is 5.10 Å². The normalized spacial score (nSPS) is 10.8. The van der Waals surface area contributed by atoms with E-state index in [-0.39, 0.29) is 0 Å². The van der Waals surface area contributed by atoms with Gasteiger partial charge in [0, 0.05) is 18.0 Å². The van der Waals surface area contributed by atoms with E-state index in [0.717, 1.165) is 35.8 Å². The fraction of sp³-hybridized carbons (Fsp3) is 0.417. The topological polar surface area (TPSA) is 69.6 Å². The van der Waals surface area contributed by atoms with Gasteiger partial charge >= 0.3 is 0 Å². The standard InChI is InChI=1S/C12H16ClN5/c13-11-5-3-4-10(8-11)9-12-15-16-17-18(12)7-2-1-6-14/h3-5,8H,1-2,6-7,9,14H2. The van der Waals surface area contributed by atoms with Crippen LogP contribution >= 0.6 is 11.6 Å². The Labute approximate surface area is 111 Å². The van der Waals surface area contributed by atoms with E-state index in [2.05, 4.69) is 15.5 Å². The minimum atomic E-state index is 0.691. The molecule has 0 bridgehead atoms. The second-order valence-electron chi connectivity index (χ2n) is 4.12. The Balaban J connectivity index is 2.03. The molecule has 0 aliphatic carbocycles. The highest BCUT2D eigenvalue weighted by atomic mass is 35.5. The van der Waals surface area contributed by atoms with Crippen molar-refractivity contribution in [1.82, 2.24) is 20.2 Å². The Morgan fingerprint density at radius 2 is 2.17 bits per heavy atom. The van der Waals surface area contributed by atoms with E-state index in [1.54, 1.807) is 0 Å². The number of unbranched alkanes of at least 4 members (excludes halogenated alkanes) is 1. The zero-order valence-electron chi connectivity index (χ0n) is 10.1. The number of hydrogen-bond acceptors (Lipinski definition) is 4. The number of rotatable bonds is 6. The first-order valence-electron chi connectivity index (χ1n) is 5.99. The minimum Gasteiger partial charge on any atom is -0.330 e. The van der Waals surface area contributed by atoms with Crippen LogP contribution in [-0.4, -0.2) is 26.8 Å². The number of aromatic nitrogens is 4. The van der Waals surface area contributed by atoms with E-state index in [4.69, 9.17) is 17.3 Å². The van der Waals surface area contributed by atoms with Gasteiger partial charge in [-0.25, -0.2) is 4.68 Å². The molecule has 2 rings (SSSR count). The average Bonchev–Trinajstić information content (AvgIpc) is 2.77. The Hall–Kier alpha value is -1.46. The van der Waals surface area contributed by atoms with E-state index < -0.39 is 0 Å². The summed E-state index contributed by atoms with van der Waals surface area (Å²) in [6.07, 6.45) is 2.66. The predicted molar refractivity (Wildman–Crippen MR) is 70.4 cm³/mol. The predicted octanol–water partition coefficient (Wildman–Crippen LogP) is 1.66. The zero-order chi connectivity index (χ0) is 12.8. The lowest BCUT2D eigenvalue weighted by molar-refractivity contribution is 0.529. The first kappa shape index (κ1) is 13.0. The minimum absolute atomic E-state index is 0.691. The Kier molecular flexibility index (Phi) is 4.66. The third-order valence-electron chi connectivity index (χ3n) is 2.68. The summed E-state index contributed by atoms with van der Waals surface area (Å²) in [6, 6.07) is 7.74. The Morgan fingerprint density at radius 1 is 1.28 bits per heavy atom. The fourth-order valence-electron chi connectivity index (χ4n) is 1.76. The van der Waals surface area contributed by atoms with Crippen molar-refractivity contribution in [3.63, 3.8) is 0 Å². The lowest BCUT2D eigenvalue weighted by atomic mass is 10.1. The van der Waals surface area contributed by atoms with E-state index in [1.165, 1.54) is 0 Å². The Morgan fingerprint density at radius 3 is 2.94 bits per heavy atom. The van der Waals surface area contributed by atoms with Crippen LogP contribution in [0.25, 0.3) is 0 Å². The molecule has 0 aliphatic heterocycles. The monoisotopic (exact) mass is 265 g/mol. The molecule has 0 spiro atoms. The second-order valence-corrected chi connectivity index (χ2v) is 4.56. The molecule has 0 fully saturated rings. The van der Waals surface area contributed by atoms with Crippen molar-refractivity contribution in [3.05, 3.63) is 40.7 Å². The van der Waals surface area contributed by atoms with Crippen molar-refractivity contribution in [2.24, 2.45) is 5.73 Å². The van der Waals surface area contributed by atoms with Crippen molar-refractivity contribution in [2.75, 3.05) is 6.54 Å². The highest BCUT2D eigenvalue weighted by molar-refractivity contribution is 6.30. The van der Waals surface area contributed by atoms with Gasteiger partial charge in [0.05, 0.1) is 0 Å². The SMILES string of the molecule is NCCCCn1nnnc1Cc1cccc(Cl)c1. The molecule has 18 heavy (non-hydrogen) atoms. The van der Waals surface area contributed by atoms with Crippen LogP contribution < -0.4 is 5.73 Å². The van der Waals surface area contributed by atoms with Crippen molar-refractivity contribution in [2.45, 2.75) is 25.8 Å². The molecule has 2 aromatic rings. The van der Waals surface area contributed by atoms with Gasteiger partial charge < -0.3 is 5.73 Å². The molecule has 0 amide bonds. The van der Waals surface area contributed by atoms with Crippen molar-refractivity contribution >= 4 is 11.6 Å². The number of aryl methyl sites for hydroxylation is 1. The maximum Gasteiger partial charge on any atom is 0.155 e. The van der Waals surface area contributed by atoms with E-state index in [9.17, 15) is 0 Å². The second kappa shape index (κ2) is 6.47.